The average molecular weight is 232 g/mol. The van der Waals surface area contributed by atoms with Crippen molar-refractivity contribution in [3.8, 4) is 0 Å². The summed E-state index contributed by atoms with van der Waals surface area (Å²) in [4.78, 5) is 11.4. The molecule has 0 radical (unpaired) electrons. The van der Waals surface area contributed by atoms with E-state index in [-0.39, 0.29) is 18.4 Å². The van der Waals surface area contributed by atoms with Gasteiger partial charge in [-0.15, -0.1) is 12.4 Å². The minimum Gasteiger partial charge on any atom is -0.464 e. The van der Waals surface area contributed by atoms with Crippen LogP contribution in [0, 0.1) is 0 Å². The highest BCUT2D eigenvalue weighted by Gasteiger charge is 2.23. The zero-order chi connectivity index (χ0) is 10.1. The first-order valence-corrected chi connectivity index (χ1v) is 4.58. The van der Waals surface area contributed by atoms with Gasteiger partial charge >= 0.3 is 5.97 Å². The summed E-state index contributed by atoms with van der Waals surface area (Å²) in [6, 6.07) is 0. The number of halogens is 1. The van der Waals surface area contributed by atoms with E-state index in [0.717, 1.165) is 24.2 Å². The van der Waals surface area contributed by atoms with Crippen LogP contribution in [0.3, 0.4) is 0 Å². The monoisotopic (exact) mass is 231 g/mol. The molecular weight excluding hydrogens is 218 g/mol. The van der Waals surface area contributed by atoms with Crippen molar-refractivity contribution in [1.82, 2.24) is 15.1 Å². The van der Waals surface area contributed by atoms with Gasteiger partial charge in [0, 0.05) is 37.8 Å². The molecule has 1 N–H and O–H groups in total. The first-order chi connectivity index (χ1) is 6.74. The van der Waals surface area contributed by atoms with E-state index in [1.807, 2.05) is 7.05 Å². The van der Waals surface area contributed by atoms with Crippen LogP contribution in [-0.4, -0.2) is 29.4 Å². The number of nitrogens with zero attached hydrogens (tertiary/aromatic N) is 2. The molecule has 2 heterocycles. The van der Waals surface area contributed by atoms with Crippen molar-refractivity contribution in [2.45, 2.75) is 13.0 Å². The summed E-state index contributed by atoms with van der Waals surface area (Å²) in [5.41, 5.74) is 2.55. The van der Waals surface area contributed by atoms with Crippen LogP contribution in [0.25, 0.3) is 0 Å². The molecule has 5 nitrogen and oxygen atoms in total. The maximum Gasteiger partial charge on any atom is 0.358 e. The zero-order valence-corrected chi connectivity index (χ0v) is 9.56. The van der Waals surface area contributed by atoms with Crippen LogP contribution in [0.5, 0.6) is 0 Å². The summed E-state index contributed by atoms with van der Waals surface area (Å²) in [5, 5.41) is 7.38. The molecule has 0 saturated heterocycles. The van der Waals surface area contributed by atoms with Gasteiger partial charge in [-0.25, -0.2) is 4.79 Å². The summed E-state index contributed by atoms with van der Waals surface area (Å²) >= 11 is 0. The Labute approximate surface area is 94.2 Å². The number of aryl methyl sites for hydroxylation is 1. The van der Waals surface area contributed by atoms with Gasteiger partial charge < -0.3 is 10.1 Å². The van der Waals surface area contributed by atoms with E-state index in [2.05, 4.69) is 15.2 Å². The second-order valence-corrected chi connectivity index (χ2v) is 3.32. The van der Waals surface area contributed by atoms with Crippen LogP contribution in [0.4, 0.5) is 0 Å². The molecule has 0 aromatic carbocycles. The summed E-state index contributed by atoms with van der Waals surface area (Å²) in [6.07, 6.45) is 0.913. The lowest BCUT2D eigenvalue weighted by atomic mass is 10.1. The van der Waals surface area contributed by atoms with Gasteiger partial charge in [-0.1, -0.05) is 0 Å². The fourth-order valence-electron chi connectivity index (χ4n) is 1.78. The predicted octanol–water partition coefficient (Wildman–Crippen LogP) is 0.274. The number of carbonyl (C=O) groups excluding carboxylic acids is 1. The van der Waals surface area contributed by atoms with E-state index in [1.165, 1.54) is 7.11 Å². The van der Waals surface area contributed by atoms with Crippen LogP contribution < -0.4 is 5.32 Å². The molecule has 1 aromatic rings. The Balaban J connectivity index is 0.00000112. The lowest BCUT2D eigenvalue weighted by Gasteiger charge is -2.13. The van der Waals surface area contributed by atoms with Gasteiger partial charge in [0.25, 0.3) is 0 Å². The number of rotatable bonds is 1. The Bertz CT molecular complexity index is 376. The quantitative estimate of drug-likeness (QED) is 0.706. The standard InChI is InChI=1S/C9H13N3O2.ClH/c1-12-7-3-4-10-5-6(7)8(11-12)9(13)14-2;/h10H,3-5H2,1-2H3;1H. The number of ether oxygens (including phenoxy) is 1. The molecule has 2 rings (SSSR count). The number of nitrogens with one attached hydrogen (secondary N) is 1. The molecule has 0 aliphatic carbocycles. The normalized spacial score (nSPS) is 14.0. The Morgan fingerprint density at radius 1 is 1.60 bits per heavy atom. The number of aromatic nitrogens is 2. The topological polar surface area (TPSA) is 56.1 Å². The van der Waals surface area contributed by atoms with Gasteiger partial charge in [0.1, 0.15) is 0 Å². The number of carbonyl (C=O) groups is 1. The molecule has 1 aliphatic rings. The predicted molar refractivity (Wildman–Crippen MR) is 57.2 cm³/mol. The van der Waals surface area contributed by atoms with Gasteiger partial charge in [0.15, 0.2) is 5.69 Å². The lowest BCUT2D eigenvalue weighted by molar-refractivity contribution is 0.0591. The van der Waals surface area contributed by atoms with Crippen LogP contribution in [-0.2, 0) is 24.8 Å². The molecule has 84 valence electrons. The van der Waals surface area contributed by atoms with Gasteiger partial charge in [-0.05, 0) is 0 Å². The highest BCUT2D eigenvalue weighted by molar-refractivity contribution is 5.89. The highest BCUT2D eigenvalue weighted by Crippen LogP contribution is 2.17. The fraction of sp³-hybridized carbons (Fsp3) is 0.556. The van der Waals surface area contributed by atoms with E-state index in [0.29, 0.717) is 12.2 Å². The molecule has 0 bridgehead atoms. The van der Waals surface area contributed by atoms with E-state index in [4.69, 9.17) is 0 Å². The molecule has 0 atom stereocenters. The number of methoxy groups -OCH3 is 1. The molecule has 0 fully saturated rings. The first-order valence-electron chi connectivity index (χ1n) is 4.58. The molecular formula is C9H14ClN3O2. The second-order valence-electron chi connectivity index (χ2n) is 3.32. The van der Waals surface area contributed by atoms with Gasteiger partial charge in [0.2, 0.25) is 0 Å². The SMILES string of the molecule is COC(=O)c1nn(C)c2c1CNCC2.Cl. The molecule has 0 saturated carbocycles. The van der Waals surface area contributed by atoms with Crippen molar-refractivity contribution in [2.24, 2.45) is 7.05 Å². The fourth-order valence-corrected chi connectivity index (χ4v) is 1.78. The van der Waals surface area contributed by atoms with Gasteiger partial charge in [-0.2, -0.15) is 5.10 Å². The Morgan fingerprint density at radius 2 is 2.33 bits per heavy atom. The Morgan fingerprint density at radius 3 is 3.00 bits per heavy atom. The maximum absolute atomic E-state index is 11.4. The zero-order valence-electron chi connectivity index (χ0n) is 8.74. The third-order valence-electron chi connectivity index (χ3n) is 2.49. The molecule has 1 aliphatic heterocycles. The third kappa shape index (κ3) is 1.98. The lowest BCUT2D eigenvalue weighted by Crippen LogP contribution is -2.25. The number of esters is 1. The molecule has 0 spiro atoms. The van der Waals surface area contributed by atoms with E-state index in [1.54, 1.807) is 4.68 Å². The van der Waals surface area contributed by atoms with Crippen molar-refractivity contribution < 1.29 is 9.53 Å². The summed E-state index contributed by atoms with van der Waals surface area (Å²) < 4.78 is 6.44. The van der Waals surface area contributed by atoms with Crippen LogP contribution in [0.2, 0.25) is 0 Å². The second kappa shape index (κ2) is 4.63. The molecule has 1 aromatic heterocycles. The van der Waals surface area contributed by atoms with Crippen molar-refractivity contribution in [3.63, 3.8) is 0 Å². The van der Waals surface area contributed by atoms with Gasteiger partial charge in [-0.3, -0.25) is 4.68 Å². The number of hydrogen-bond donors (Lipinski definition) is 1. The van der Waals surface area contributed by atoms with Crippen LogP contribution in [0.15, 0.2) is 0 Å². The molecule has 6 heteroatoms. The molecule has 0 amide bonds. The van der Waals surface area contributed by atoms with E-state index >= 15 is 0 Å². The van der Waals surface area contributed by atoms with Crippen LogP contribution >= 0.6 is 12.4 Å². The van der Waals surface area contributed by atoms with Crippen LogP contribution in [0.1, 0.15) is 21.7 Å². The summed E-state index contributed by atoms with van der Waals surface area (Å²) in [7, 11) is 3.23. The van der Waals surface area contributed by atoms with Crippen molar-refractivity contribution in [1.29, 1.82) is 0 Å². The van der Waals surface area contributed by atoms with E-state index in [9.17, 15) is 4.79 Å². The van der Waals surface area contributed by atoms with Gasteiger partial charge in [0.05, 0.1) is 7.11 Å². The van der Waals surface area contributed by atoms with E-state index < -0.39 is 0 Å². The summed E-state index contributed by atoms with van der Waals surface area (Å²) in [6.45, 7) is 1.64. The Kier molecular flexibility index (Phi) is 3.71. The smallest absolute Gasteiger partial charge is 0.358 e. The van der Waals surface area contributed by atoms with Crippen molar-refractivity contribution in [3.05, 3.63) is 17.0 Å². The van der Waals surface area contributed by atoms with Crippen molar-refractivity contribution in [2.75, 3.05) is 13.7 Å². The third-order valence-corrected chi connectivity index (χ3v) is 2.49. The highest BCUT2D eigenvalue weighted by atomic mass is 35.5. The maximum atomic E-state index is 11.4. The van der Waals surface area contributed by atoms with Crippen molar-refractivity contribution >= 4 is 18.4 Å². The Hall–Kier alpha value is -1.07. The summed E-state index contributed by atoms with van der Waals surface area (Å²) in [5.74, 6) is -0.356. The minimum absolute atomic E-state index is 0. The average Bonchev–Trinajstić information content (AvgIpc) is 2.56. The number of hydrogen-bond acceptors (Lipinski definition) is 4. The first kappa shape index (κ1) is 12.0. The number of fused-ring (bicyclic) bond motifs is 1. The molecule has 15 heavy (non-hydrogen) atoms. The minimum atomic E-state index is -0.356. The molecule has 0 unspecified atom stereocenters. The largest absolute Gasteiger partial charge is 0.464 e.